The minimum Gasteiger partial charge on any atom is -0.458 e. The number of likely N-dealkylation sites (tertiary alicyclic amines) is 1. The molecule has 1 aliphatic heterocycles. The van der Waals surface area contributed by atoms with E-state index >= 15 is 0 Å². The Labute approximate surface area is 139 Å². The first-order chi connectivity index (χ1) is 10.6. The highest BCUT2D eigenvalue weighted by Crippen LogP contribution is 2.23. The third kappa shape index (κ3) is 3.61. The van der Waals surface area contributed by atoms with E-state index in [0.29, 0.717) is 18.0 Å². The summed E-state index contributed by atoms with van der Waals surface area (Å²) in [5, 5.41) is 1.89. The van der Waals surface area contributed by atoms with E-state index < -0.39 is 5.82 Å². The zero-order chi connectivity index (χ0) is 15.5. The highest BCUT2D eigenvalue weighted by molar-refractivity contribution is 9.10. The van der Waals surface area contributed by atoms with Crippen LogP contribution in [-0.2, 0) is 0 Å². The van der Waals surface area contributed by atoms with Crippen molar-refractivity contribution < 1.29 is 13.9 Å². The van der Waals surface area contributed by atoms with Crippen molar-refractivity contribution in [3.8, 4) is 6.01 Å². The molecule has 0 aromatic carbocycles. The number of thiophene rings is 1. The highest BCUT2D eigenvalue weighted by atomic mass is 79.9. The van der Waals surface area contributed by atoms with Crippen LogP contribution in [-0.4, -0.2) is 40.0 Å². The summed E-state index contributed by atoms with van der Waals surface area (Å²) in [6.07, 6.45) is 3.63. The van der Waals surface area contributed by atoms with Gasteiger partial charge in [0.15, 0.2) is 5.82 Å². The zero-order valence-corrected chi connectivity index (χ0v) is 13.9. The number of nitrogens with zero attached hydrogens (tertiary/aromatic N) is 3. The van der Waals surface area contributed by atoms with Crippen molar-refractivity contribution in [2.24, 2.45) is 0 Å². The summed E-state index contributed by atoms with van der Waals surface area (Å²) in [6, 6.07) is 1.96. The van der Waals surface area contributed by atoms with E-state index in [1.165, 1.54) is 11.3 Å². The van der Waals surface area contributed by atoms with E-state index in [4.69, 9.17) is 4.74 Å². The van der Waals surface area contributed by atoms with Gasteiger partial charge < -0.3 is 9.64 Å². The molecule has 2 aromatic heterocycles. The Morgan fingerprint density at radius 2 is 2.23 bits per heavy atom. The van der Waals surface area contributed by atoms with Gasteiger partial charge in [-0.3, -0.25) is 4.79 Å². The van der Waals surface area contributed by atoms with Crippen LogP contribution in [0.4, 0.5) is 4.39 Å². The molecular weight excluding hydrogens is 373 g/mol. The van der Waals surface area contributed by atoms with Crippen LogP contribution in [0.25, 0.3) is 0 Å². The zero-order valence-electron chi connectivity index (χ0n) is 11.5. The molecule has 0 radical (unpaired) electrons. The van der Waals surface area contributed by atoms with Crippen LogP contribution < -0.4 is 4.74 Å². The van der Waals surface area contributed by atoms with E-state index in [1.54, 1.807) is 4.90 Å². The molecule has 2 aromatic rings. The van der Waals surface area contributed by atoms with E-state index in [0.717, 1.165) is 29.7 Å². The fraction of sp³-hybridized carbons (Fsp3) is 0.357. The lowest BCUT2D eigenvalue weighted by molar-refractivity contribution is 0.0519. The van der Waals surface area contributed by atoms with Crippen LogP contribution in [0.2, 0.25) is 0 Å². The number of halogens is 2. The summed E-state index contributed by atoms with van der Waals surface area (Å²) in [5.74, 6) is -0.500. The standard InChI is InChI=1S/C14H13BrFN3O2S/c15-9-4-12(22-8-9)13(20)19-3-1-2-11(7-19)21-14-17-5-10(16)6-18-14/h4-6,8,11H,1-3,7H2/t11-/m1/s1. The number of aromatic nitrogens is 2. The van der Waals surface area contributed by atoms with Gasteiger partial charge in [-0.2, -0.15) is 0 Å². The van der Waals surface area contributed by atoms with Crippen molar-refractivity contribution >= 4 is 33.2 Å². The molecule has 0 aliphatic carbocycles. The lowest BCUT2D eigenvalue weighted by atomic mass is 10.1. The van der Waals surface area contributed by atoms with Crippen molar-refractivity contribution in [2.75, 3.05) is 13.1 Å². The second-order valence-electron chi connectivity index (χ2n) is 4.95. The third-order valence-corrected chi connectivity index (χ3v) is 4.99. The molecule has 3 heterocycles. The van der Waals surface area contributed by atoms with Crippen molar-refractivity contribution in [2.45, 2.75) is 18.9 Å². The Hall–Kier alpha value is -1.54. The molecule has 1 saturated heterocycles. The fourth-order valence-corrected chi connectivity index (χ4v) is 3.70. The molecule has 1 amide bonds. The van der Waals surface area contributed by atoms with Crippen LogP contribution in [0.15, 0.2) is 28.3 Å². The molecule has 1 aliphatic rings. The molecular formula is C14H13BrFN3O2S. The Bertz CT molecular complexity index is 664. The van der Waals surface area contributed by atoms with Crippen molar-refractivity contribution in [1.82, 2.24) is 14.9 Å². The first-order valence-electron chi connectivity index (χ1n) is 6.79. The van der Waals surface area contributed by atoms with Gasteiger partial charge in [0.05, 0.1) is 23.8 Å². The minimum absolute atomic E-state index is 0.00373. The second kappa shape index (κ2) is 6.70. The normalized spacial score (nSPS) is 18.3. The van der Waals surface area contributed by atoms with E-state index in [1.807, 2.05) is 11.4 Å². The van der Waals surface area contributed by atoms with Gasteiger partial charge in [-0.15, -0.1) is 11.3 Å². The lowest BCUT2D eigenvalue weighted by Gasteiger charge is -2.32. The van der Waals surface area contributed by atoms with Gasteiger partial charge in [-0.25, -0.2) is 14.4 Å². The van der Waals surface area contributed by atoms with Gasteiger partial charge in [-0.05, 0) is 34.8 Å². The van der Waals surface area contributed by atoms with Crippen molar-refractivity contribution in [3.63, 3.8) is 0 Å². The largest absolute Gasteiger partial charge is 0.458 e. The summed E-state index contributed by atoms with van der Waals surface area (Å²) < 4.78 is 19.3. The summed E-state index contributed by atoms with van der Waals surface area (Å²) in [5.41, 5.74) is 0. The number of carbonyl (C=O) groups is 1. The molecule has 0 spiro atoms. The Morgan fingerprint density at radius 1 is 1.45 bits per heavy atom. The monoisotopic (exact) mass is 385 g/mol. The molecule has 3 rings (SSSR count). The van der Waals surface area contributed by atoms with Gasteiger partial charge in [0.25, 0.3) is 5.91 Å². The van der Waals surface area contributed by atoms with Gasteiger partial charge in [-0.1, -0.05) is 0 Å². The number of amides is 1. The smallest absolute Gasteiger partial charge is 0.316 e. The molecule has 0 N–H and O–H groups in total. The van der Waals surface area contributed by atoms with Crippen LogP contribution in [0, 0.1) is 5.82 Å². The summed E-state index contributed by atoms with van der Waals surface area (Å²) in [4.78, 5) is 22.5. The lowest BCUT2D eigenvalue weighted by Crippen LogP contribution is -2.44. The topological polar surface area (TPSA) is 55.3 Å². The number of carbonyl (C=O) groups excluding carboxylic acids is 1. The number of hydrogen-bond acceptors (Lipinski definition) is 5. The van der Waals surface area contributed by atoms with Crippen LogP contribution in [0.3, 0.4) is 0 Å². The maximum Gasteiger partial charge on any atom is 0.316 e. The maximum atomic E-state index is 12.8. The Kier molecular flexibility index (Phi) is 4.68. The van der Waals surface area contributed by atoms with Crippen molar-refractivity contribution in [3.05, 3.63) is 39.0 Å². The van der Waals surface area contributed by atoms with E-state index in [9.17, 15) is 9.18 Å². The second-order valence-corrected chi connectivity index (χ2v) is 6.77. The van der Waals surface area contributed by atoms with E-state index in [-0.39, 0.29) is 18.0 Å². The first kappa shape index (κ1) is 15.4. The first-order valence-corrected chi connectivity index (χ1v) is 8.46. The number of ether oxygens (including phenoxy) is 1. The summed E-state index contributed by atoms with van der Waals surface area (Å²) >= 11 is 4.77. The third-order valence-electron chi connectivity index (χ3n) is 3.31. The Balaban J connectivity index is 1.63. The summed E-state index contributed by atoms with van der Waals surface area (Å²) in [7, 11) is 0. The quantitative estimate of drug-likeness (QED) is 0.814. The predicted molar refractivity (Wildman–Crippen MR) is 83.6 cm³/mol. The van der Waals surface area contributed by atoms with Gasteiger partial charge in [0, 0.05) is 16.4 Å². The molecule has 8 heteroatoms. The minimum atomic E-state index is -0.504. The molecule has 22 heavy (non-hydrogen) atoms. The fourth-order valence-electron chi connectivity index (χ4n) is 2.31. The van der Waals surface area contributed by atoms with Crippen LogP contribution in [0.5, 0.6) is 6.01 Å². The molecule has 1 atom stereocenters. The molecule has 116 valence electrons. The predicted octanol–water partition coefficient (Wildman–Crippen LogP) is 3.12. The number of hydrogen-bond donors (Lipinski definition) is 0. The van der Waals surface area contributed by atoms with Crippen LogP contribution >= 0.6 is 27.3 Å². The SMILES string of the molecule is O=C(c1cc(Br)cs1)N1CCC[C@@H](Oc2ncc(F)cn2)C1. The molecule has 5 nitrogen and oxygen atoms in total. The number of rotatable bonds is 3. The molecule has 1 fully saturated rings. The molecule has 0 unspecified atom stereocenters. The Morgan fingerprint density at radius 3 is 2.91 bits per heavy atom. The van der Waals surface area contributed by atoms with Gasteiger partial charge in [0.1, 0.15) is 6.10 Å². The summed E-state index contributed by atoms with van der Waals surface area (Å²) in [6.45, 7) is 1.19. The average molecular weight is 386 g/mol. The van der Waals surface area contributed by atoms with E-state index in [2.05, 4.69) is 25.9 Å². The maximum absolute atomic E-state index is 12.8. The average Bonchev–Trinajstić information content (AvgIpc) is 2.96. The van der Waals surface area contributed by atoms with Gasteiger partial charge >= 0.3 is 6.01 Å². The highest BCUT2D eigenvalue weighted by Gasteiger charge is 2.27. The number of piperidine rings is 1. The van der Waals surface area contributed by atoms with Crippen molar-refractivity contribution in [1.29, 1.82) is 0 Å². The van der Waals surface area contributed by atoms with Gasteiger partial charge in [0.2, 0.25) is 0 Å². The molecule has 0 saturated carbocycles. The molecule has 0 bridgehead atoms. The van der Waals surface area contributed by atoms with Crippen LogP contribution in [0.1, 0.15) is 22.5 Å².